The van der Waals surface area contributed by atoms with E-state index in [4.69, 9.17) is 0 Å². The standard InChI is InChI=1S/C18H26N2/c1-18(2,3)16-6-7-17-15(14-16)8-11-20(17)13-12-19-9-4-5-10-19/h6-8,11,14H,4-5,9-10,12-13H2,1-3H3. The molecule has 1 aliphatic rings. The van der Waals surface area contributed by atoms with Gasteiger partial charge in [0.15, 0.2) is 0 Å². The van der Waals surface area contributed by atoms with E-state index in [9.17, 15) is 0 Å². The third-order valence-corrected chi connectivity index (χ3v) is 4.49. The molecular formula is C18H26N2. The maximum atomic E-state index is 2.58. The molecule has 2 nitrogen and oxygen atoms in total. The summed E-state index contributed by atoms with van der Waals surface area (Å²) in [5.74, 6) is 0. The van der Waals surface area contributed by atoms with Gasteiger partial charge in [-0.1, -0.05) is 26.8 Å². The molecule has 3 rings (SSSR count). The molecule has 0 radical (unpaired) electrons. The van der Waals surface area contributed by atoms with Crippen LogP contribution in [-0.2, 0) is 12.0 Å². The molecule has 2 aromatic rings. The number of likely N-dealkylation sites (tertiary alicyclic amines) is 1. The van der Waals surface area contributed by atoms with E-state index in [0.29, 0.717) is 0 Å². The lowest BCUT2D eigenvalue weighted by atomic mass is 9.86. The lowest BCUT2D eigenvalue weighted by Crippen LogP contribution is -2.23. The summed E-state index contributed by atoms with van der Waals surface area (Å²) in [5, 5.41) is 1.37. The van der Waals surface area contributed by atoms with Gasteiger partial charge in [-0.2, -0.15) is 0 Å². The fourth-order valence-corrected chi connectivity index (χ4v) is 3.12. The zero-order chi connectivity index (χ0) is 14.2. The number of fused-ring (bicyclic) bond motifs is 1. The van der Waals surface area contributed by atoms with E-state index in [2.05, 4.69) is 60.7 Å². The molecule has 0 spiro atoms. The number of nitrogens with zero attached hydrogens (tertiary/aromatic N) is 2. The molecular weight excluding hydrogens is 244 g/mol. The molecule has 0 unspecified atom stereocenters. The van der Waals surface area contributed by atoms with Crippen molar-refractivity contribution in [1.82, 2.24) is 9.47 Å². The van der Waals surface area contributed by atoms with Crippen LogP contribution in [0.15, 0.2) is 30.5 Å². The SMILES string of the molecule is CC(C)(C)c1ccc2c(ccn2CCN2CCCC2)c1. The Morgan fingerprint density at radius 2 is 1.75 bits per heavy atom. The lowest BCUT2D eigenvalue weighted by Gasteiger charge is -2.19. The number of rotatable bonds is 3. The molecule has 1 aromatic carbocycles. The van der Waals surface area contributed by atoms with Gasteiger partial charge in [0.2, 0.25) is 0 Å². The van der Waals surface area contributed by atoms with Gasteiger partial charge in [0.05, 0.1) is 0 Å². The Morgan fingerprint density at radius 1 is 1.00 bits per heavy atom. The van der Waals surface area contributed by atoms with Crippen molar-refractivity contribution >= 4 is 10.9 Å². The van der Waals surface area contributed by atoms with Gasteiger partial charge < -0.3 is 9.47 Å². The van der Waals surface area contributed by atoms with Crippen LogP contribution in [0.1, 0.15) is 39.2 Å². The first kappa shape index (κ1) is 13.7. The predicted octanol–water partition coefficient (Wildman–Crippen LogP) is 4.03. The highest BCUT2D eigenvalue weighted by molar-refractivity contribution is 5.81. The molecule has 1 fully saturated rings. The van der Waals surface area contributed by atoms with E-state index in [1.54, 1.807) is 0 Å². The molecule has 2 heteroatoms. The van der Waals surface area contributed by atoms with Crippen molar-refractivity contribution in [2.45, 2.75) is 45.6 Å². The Labute approximate surface area is 122 Å². The maximum Gasteiger partial charge on any atom is 0.0480 e. The quantitative estimate of drug-likeness (QED) is 0.817. The van der Waals surface area contributed by atoms with Crippen LogP contribution in [-0.4, -0.2) is 29.1 Å². The second-order valence-corrected chi connectivity index (χ2v) is 7.08. The van der Waals surface area contributed by atoms with Gasteiger partial charge in [0, 0.05) is 24.8 Å². The van der Waals surface area contributed by atoms with Gasteiger partial charge in [0.1, 0.15) is 0 Å². The molecule has 0 aliphatic carbocycles. The summed E-state index contributed by atoms with van der Waals surface area (Å²) in [5.41, 5.74) is 3.02. The molecule has 20 heavy (non-hydrogen) atoms. The second kappa shape index (κ2) is 5.25. The molecule has 1 aromatic heterocycles. The number of hydrogen-bond acceptors (Lipinski definition) is 1. The van der Waals surface area contributed by atoms with Gasteiger partial charge in [-0.25, -0.2) is 0 Å². The van der Waals surface area contributed by atoms with Crippen LogP contribution in [0.3, 0.4) is 0 Å². The summed E-state index contributed by atoms with van der Waals surface area (Å²) in [6.45, 7) is 11.7. The summed E-state index contributed by atoms with van der Waals surface area (Å²) >= 11 is 0. The van der Waals surface area contributed by atoms with Crippen LogP contribution in [0, 0.1) is 0 Å². The van der Waals surface area contributed by atoms with Gasteiger partial charge in [-0.05, 0) is 60.5 Å². The normalized spacial score (nSPS) is 17.1. The summed E-state index contributed by atoms with van der Waals surface area (Å²) in [6, 6.07) is 9.19. The van der Waals surface area contributed by atoms with Crippen LogP contribution < -0.4 is 0 Å². The summed E-state index contributed by atoms with van der Waals surface area (Å²) < 4.78 is 2.40. The van der Waals surface area contributed by atoms with Crippen LogP contribution in [0.4, 0.5) is 0 Å². The number of aromatic nitrogens is 1. The van der Waals surface area contributed by atoms with Crippen molar-refractivity contribution in [1.29, 1.82) is 0 Å². The van der Waals surface area contributed by atoms with Gasteiger partial charge in [-0.15, -0.1) is 0 Å². The number of benzene rings is 1. The molecule has 0 saturated carbocycles. The monoisotopic (exact) mass is 270 g/mol. The van der Waals surface area contributed by atoms with Crippen LogP contribution in [0.5, 0.6) is 0 Å². The predicted molar refractivity (Wildman–Crippen MR) is 86.3 cm³/mol. The molecule has 2 heterocycles. The average Bonchev–Trinajstić information content (AvgIpc) is 3.04. The highest BCUT2D eigenvalue weighted by Gasteiger charge is 2.15. The summed E-state index contributed by atoms with van der Waals surface area (Å²) in [4.78, 5) is 2.58. The van der Waals surface area contributed by atoms with E-state index in [1.807, 2.05) is 0 Å². The Morgan fingerprint density at radius 3 is 2.45 bits per heavy atom. The Hall–Kier alpha value is -1.28. The van der Waals surface area contributed by atoms with Gasteiger partial charge >= 0.3 is 0 Å². The summed E-state index contributed by atoms with van der Waals surface area (Å²) in [7, 11) is 0. The van der Waals surface area contributed by atoms with Crippen LogP contribution in [0.25, 0.3) is 10.9 Å². The minimum absolute atomic E-state index is 0.228. The highest BCUT2D eigenvalue weighted by atomic mass is 15.2. The smallest absolute Gasteiger partial charge is 0.0480 e. The zero-order valence-electron chi connectivity index (χ0n) is 13.0. The van der Waals surface area contributed by atoms with Crippen molar-refractivity contribution in [3.8, 4) is 0 Å². The third kappa shape index (κ3) is 2.76. The first-order chi connectivity index (χ1) is 9.54. The second-order valence-electron chi connectivity index (χ2n) is 7.08. The summed E-state index contributed by atoms with van der Waals surface area (Å²) in [6.07, 6.45) is 5.00. The average molecular weight is 270 g/mol. The molecule has 108 valence electrons. The van der Waals surface area contributed by atoms with E-state index in [-0.39, 0.29) is 5.41 Å². The lowest BCUT2D eigenvalue weighted by molar-refractivity contribution is 0.324. The fraction of sp³-hybridized carbons (Fsp3) is 0.556. The Kier molecular flexibility index (Phi) is 3.59. The van der Waals surface area contributed by atoms with Crippen molar-refractivity contribution in [2.24, 2.45) is 0 Å². The molecule has 1 saturated heterocycles. The van der Waals surface area contributed by atoms with Crippen LogP contribution >= 0.6 is 0 Å². The highest BCUT2D eigenvalue weighted by Crippen LogP contribution is 2.26. The first-order valence-electron chi connectivity index (χ1n) is 7.86. The third-order valence-electron chi connectivity index (χ3n) is 4.49. The van der Waals surface area contributed by atoms with Gasteiger partial charge in [0.25, 0.3) is 0 Å². The Bertz CT molecular complexity index is 583. The maximum absolute atomic E-state index is 2.58. The fourth-order valence-electron chi connectivity index (χ4n) is 3.12. The largest absolute Gasteiger partial charge is 0.346 e. The topological polar surface area (TPSA) is 8.17 Å². The molecule has 0 N–H and O–H groups in total. The van der Waals surface area contributed by atoms with E-state index in [1.165, 1.54) is 48.9 Å². The van der Waals surface area contributed by atoms with Gasteiger partial charge in [-0.3, -0.25) is 0 Å². The minimum Gasteiger partial charge on any atom is -0.346 e. The minimum atomic E-state index is 0.228. The zero-order valence-corrected chi connectivity index (χ0v) is 13.0. The van der Waals surface area contributed by atoms with E-state index in [0.717, 1.165) is 6.54 Å². The van der Waals surface area contributed by atoms with E-state index < -0.39 is 0 Å². The molecule has 0 amide bonds. The number of hydrogen-bond donors (Lipinski definition) is 0. The molecule has 0 atom stereocenters. The molecule has 0 bridgehead atoms. The van der Waals surface area contributed by atoms with Crippen molar-refractivity contribution < 1.29 is 0 Å². The Balaban J connectivity index is 1.79. The first-order valence-corrected chi connectivity index (χ1v) is 7.86. The van der Waals surface area contributed by atoms with Crippen LogP contribution in [0.2, 0.25) is 0 Å². The van der Waals surface area contributed by atoms with E-state index >= 15 is 0 Å². The van der Waals surface area contributed by atoms with Crippen molar-refractivity contribution in [3.05, 3.63) is 36.0 Å². The van der Waals surface area contributed by atoms with Crippen molar-refractivity contribution in [2.75, 3.05) is 19.6 Å². The van der Waals surface area contributed by atoms with Crippen molar-refractivity contribution in [3.63, 3.8) is 0 Å². The molecule has 1 aliphatic heterocycles.